The molecule has 0 aromatic heterocycles. The lowest BCUT2D eigenvalue weighted by molar-refractivity contribution is 0.450. The van der Waals surface area contributed by atoms with Crippen LogP contribution >= 0.6 is 11.6 Å². The van der Waals surface area contributed by atoms with Crippen LogP contribution in [0.2, 0.25) is 5.02 Å². The molecule has 1 atom stereocenters. The largest absolute Gasteiger partial charge is 0.314 e. The summed E-state index contributed by atoms with van der Waals surface area (Å²) in [5, 5.41) is 3.86. The van der Waals surface area contributed by atoms with E-state index in [0.717, 1.165) is 31.4 Å². The standard InChI is InChI=1S/C18H29ClFN/c1-3-5-6-7-8-11-16(21-13-4-2)14-15-10-9-12-17(20)18(15)19/h9-10,12,16,21H,3-8,11,13-14H2,1-2H3. The molecular formula is C18H29ClFN. The van der Waals surface area contributed by atoms with Crippen LogP contribution in [0.4, 0.5) is 4.39 Å². The van der Waals surface area contributed by atoms with Crippen molar-refractivity contribution in [3.05, 3.63) is 34.6 Å². The number of hydrogen-bond acceptors (Lipinski definition) is 1. The van der Waals surface area contributed by atoms with E-state index in [1.807, 2.05) is 6.07 Å². The Morgan fingerprint density at radius 1 is 1.10 bits per heavy atom. The fourth-order valence-electron chi connectivity index (χ4n) is 2.59. The smallest absolute Gasteiger partial charge is 0.142 e. The maximum atomic E-state index is 13.5. The van der Waals surface area contributed by atoms with E-state index in [1.165, 1.54) is 38.2 Å². The molecule has 0 amide bonds. The molecule has 0 aliphatic carbocycles. The Morgan fingerprint density at radius 2 is 1.86 bits per heavy atom. The lowest BCUT2D eigenvalue weighted by atomic mass is 9.99. The molecular weight excluding hydrogens is 285 g/mol. The third-order valence-electron chi connectivity index (χ3n) is 3.84. The molecule has 3 heteroatoms. The zero-order valence-corrected chi connectivity index (χ0v) is 14.2. The van der Waals surface area contributed by atoms with E-state index in [1.54, 1.807) is 6.07 Å². The van der Waals surface area contributed by atoms with Gasteiger partial charge in [-0.05, 0) is 37.4 Å². The highest BCUT2D eigenvalue weighted by Crippen LogP contribution is 2.22. The van der Waals surface area contributed by atoms with Crippen molar-refractivity contribution in [3.8, 4) is 0 Å². The lowest BCUT2D eigenvalue weighted by Crippen LogP contribution is -2.32. The Hall–Kier alpha value is -0.600. The summed E-state index contributed by atoms with van der Waals surface area (Å²) in [6.45, 7) is 5.41. The van der Waals surface area contributed by atoms with Crippen molar-refractivity contribution in [1.29, 1.82) is 0 Å². The van der Waals surface area contributed by atoms with Gasteiger partial charge in [0.2, 0.25) is 0 Å². The number of rotatable bonds is 11. The van der Waals surface area contributed by atoms with Crippen molar-refractivity contribution in [2.45, 2.75) is 71.3 Å². The average molecular weight is 314 g/mol. The summed E-state index contributed by atoms with van der Waals surface area (Å²) >= 11 is 6.07. The molecule has 1 rings (SSSR count). The van der Waals surface area contributed by atoms with E-state index in [9.17, 15) is 4.39 Å². The topological polar surface area (TPSA) is 12.0 Å². The van der Waals surface area contributed by atoms with E-state index < -0.39 is 0 Å². The van der Waals surface area contributed by atoms with Crippen LogP contribution in [-0.4, -0.2) is 12.6 Å². The third-order valence-corrected chi connectivity index (χ3v) is 4.26. The fourth-order valence-corrected chi connectivity index (χ4v) is 2.79. The number of unbranched alkanes of at least 4 members (excludes halogenated alkanes) is 4. The molecule has 0 aliphatic rings. The molecule has 1 aromatic carbocycles. The maximum Gasteiger partial charge on any atom is 0.142 e. The fraction of sp³-hybridized carbons (Fsp3) is 0.667. The van der Waals surface area contributed by atoms with Gasteiger partial charge in [0.05, 0.1) is 5.02 Å². The Labute approximate surface area is 134 Å². The summed E-state index contributed by atoms with van der Waals surface area (Å²) in [4.78, 5) is 0. The van der Waals surface area contributed by atoms with Gasteiger partial charge in [-0.3, -0.25) is 0 Å². The summed E-state index contributed by atoms with van der Waals surface area (Å²) in [6.07, 6.45) is 9.49. The van der Waals surface area contributed by atoms with Gasteiger partial charge in [0.1, 0.15) is 5.82 Å². The quantitative estimate of drug-likeness (QED) is 0.513. The van der Waals surface area contributed by atoms with Crippen molar-refractivity contribution in [1.82, 2.24) is 5.32 Å². The number of halogens is 2. The summed E-state index contributed by atoms with van der Waals surface area (Å²) in [6, 6.07) is 5.49. The Kier molecular flexibility index (Phi) is 9.69. The predicted molar refractivity (Wildman–Crippen MR) is 90.6 cm³/mol. The summed E-state index contributed by atoms with van der Waals surface area (Å²) in [7, 11) is 0. The molecule has 0 fully saturated rings. The SMILES string of the molecule is CCCCCCCC(Cc1cccc(F)c1Cl)NCCC. The first-order chi connectivity index (χ1) is 10.2. The minimum absolute atomic E-state index is 0.284. The van der Waals surface area contributed by atoms with Crippen LogP contribution in [-0.2, 0) is 6.42 Å². The number of benzene rings is 1. The summed E-state index contributed by atoms with van der Waals surface area (Å²) in [5.74, 6) is -0.314. The summed E-state index contributed by atoms with van der Waals surface area (Å²) < 4.78 is 13.5. The van der Waals surface area contributed by atoms with E-state index in [2.05, 4.69) is 19.2 Å². The number of nitrogens with one attached hydrogen (secondary N) is 1. The van der Waals surface area contributed by atoms with Crippen LogP contribution in [0.1, 0.15) is 64.4 Å². The molecule has 0 saturated carbocycles. The van der Waals surface area contributed by atoms with Crippen LogP contribution in [0, 0.1) is 5.82 Å². The summed E-state index contributed by atoms with van der Waals surface area (Å²) in [5.41, 5.74) is 0.916. The first-order valence-electron chi connectivity index (χ1n) is 8.35. The van der Waals surface area contributed by atoms with Crippen molar-refractivity contribution >= 4 is 11.6 Å². The van der Waals surface area contributed by atoms with Gasteiger partial charge in [-0.25, -0.2) is 4.39 Å². The minimum atomic E-state index is -0.314. The van der Waals surface area contributed by atoms with E-state index in [0.29, 0.717) is 6.04 Å². The molecule has 0 bridgehead atoms. The predicted octanol–water partition coefficient (Wildman–Crippen LogP) is 5.75. The van der Waals surface area contributed by atoms with E-state index in [-0.39, 0.29) is 10.8 Å². The highest BCUT2D eigenvalue weighted by atomic mass is 35.5. The molecule has 1 nitrogen and oxygen atoms in total. The number of hydrogen-bond donors (Lipinski definition) is 1. The first kappa shape index (κ1) is 18.4. The third kappa shape index (κ3) is 7.28. The van der Waals surface area contributed by atoms with Gasteiger partial charge in [-0.1, -0.05) is 69.7 Å². The molecule has 0 aliphatic heterocycles. The van der Waals surface area contributed by atoms with Crippen LogP contribution < -0.4 is 5.32 Å². The second kappa shape index (κ2) is 11.0. The van der Waals surface area contributed by atoms with Gasteiger partial charge < -0.3 is 5.32 Å². The van der Waals surface area contributed by atoms with E-state index >= 15 is 0 Å². The van der Waals surface area contributed by atoms with Gasteiger partial charge in [0.25, 0.3) is 0 Å². The van der Waals surface area contributed by atoms with Gasteiger partial charge in [-0.15, -0.1) is 0 Å². The molecule has 0 heterocycles. The second-order valence-corrected chi connectivity index (χ2v) is 6.15. The highest BCUT2D eigenvalue weighted by Gasteiger charge is 2.12. The zero-order chi connectivity index (χ0) is 15.5. The maximum absolute atomic E-state index is 13.5. The molecule has 0 radical (unpaired) electrons. The molecule has 21 heavy (non-hydrogen) atoms. The van der Waals surface area contributed by atoms with Crippen LogP contribution in [0.15, 0.2) is 18.2 Å². The molecule has 1 aromatic rings. The van der Waals surface area contributed by atoms with E-state index in [4.69, 9.17) is 11.6 Å². The normalized spacial score (nSPS) is 12.6. The average Bonchev–Trinajstić information content (AvgIpc) is 2.48. The second-order valence-electron chi connectivity index (χ2n) is 5.77. The Balaban J connectivity index is 2.50. The molecule has 1 unspecified atom stereocenters. The van der Waals surface area contributed by atoms with Gasteiger partial charge in [0, 0.05) is 6.04 Å². The Bertz CT molecular complexity index is 395. The van der Waals surface area contributed by atoms with Crippen molar-refractivity contribution in [2.75, 3.05) is 6.54 Å². The van der Waals surface area contributed by atoms with Crippen LogP contribution in [0.5, 0.6) is 0 Å². The molecule has 1 N–H and O–H groups in total. The van der Waals surface area contributed by atoms with Gasteiger partial charge >= 0.3 is 0 Å². The Morgan fingerprint density at radius 3 is 2.57 bits per heavy atom. The van der Waals surface area contributed by atoms with Crippen molar-refractivity contribution in [2.24, 2.45) is 0 Å². The molecule has 0 saturated heterocycles. The first-order valence-corrected chi connectivity index (χ1v) is 8.73. The highest BCUT2D eigenvalue weighted by molar-refractivity contribution is 6.31. The van der Waals surface area contributed by atoms with Crippen molar-refractivity contribution < 1.29 is 4.39 Å². The van der Waals surface area contributed by atoms with Gasteiger partial charge in [-0.2, -0.15) is 0 Å². The van der Waals surface area contributed by atoms with Crippen LogP contribution in [0.3, 0.4) is 0 Å². The molecule has 120 valence electrons. The van der Waals surface area contributed by atoms with Crippen LogP contribution in [0.25, 0.3) is 0 Å². The monoisotopic (exact) mass is 313 g/mol. The van der Waals surface area contributed by atoms with Gasteiger partial charge in [0.15, 0.2) is 0 Å². The van der Waals surface area contributed by atoms with Crippen molar-refractivity contribution in [3.63, 3.8) is 0 Å². The zero-order valence-electron chi connectivity index (χ0n) is 13.4. The minimum Gasteiger partial charge on any atom is -0.314 e. The molecule has 0 spiro atoms. The lowest BCUT2D eigenvalue weighted by Gasteiger charge is -2.19.